The molecule has 2 amide bonds. The van der Waals surface area contributed by atoms with Crippen molar-refractivity contribution in [1.82, 2.24) is 4.57 Å². The molecule has 2 heterocycles. The molecule has 0 bridgehead atoms. The van der Waals surface area contributed by atoms with Gasteiger partial charge in [-0.3, -0.25) is 19.0 Å². The summed E-state index contributed by atoms with van der Waals surface area (Å²) in [7, 11) is 1.63. The summed E-state index contributed by atoms with van der Waals surface area (Å²) in [5.41, 5.74) is 8.44. The van der Waals surface area contributed by atoms with Gasteiger partial charge in [-0.05, 0) is 78.6 Å². The molecule has 0 radical (unpaired) electrons. The zero-order chi connectivity index (χ0) is 27.7. The SMILES string of the molecule is CO[C@H](C[C@@H](C(=O)Nc1ccc(C(N)=O)cc1)n1cc2c(cc1=O)-c1cc(Cl)ccc1C[C@@H](C)CO2)C1CC1. The third-order valence-corrected chi connectivity index (χ3v) is 7.71. The second-order valence-corrected chi connectivity index (χ2v) is 10.9. The number of nitrogens with two attached hydrogens (primary N) is 1. The lowest BCUT2D eigenvalue weighted by Gasteiger charge is -2.27. The first-order valence-corrected chi connectivity index (χ1v) is 13.5. The van der Waals surface area contributed by atoms with E-state index in [1.165, 1.54) is 10.6 Å². The highest BCUT2D eigenvalue weighted by molar-refractivity contribution is 6.30. The van der Waals surface area contributed by atoms with Crippen molar-refractivity contribution in [2.45, 2.75) is 44.8 Å². The van der Waals surface area contributed by atoms with Gasteiger partial charge in [0.2, 0.25) is 11.8 Å². The monoisotopic (exact) mass is 549 g/mol. The minimum Gasteiger partial charge on any atom is -0.491 e. The van der Waals surface area contributed by atoms with Crippen LogP contribution in [0.15, 0.2) is 59.5 Å². The van der Waals surface area contributed by atoms with Crippen LogP contribution in [0.25, 0.3) is 11.1 Å². The number of methoxy groups -OCH3 is 1. The molecule has 3 aromatic rings. The minimum atomic E-state index is -0.852. The van der Waals surface area contributed by atoms with Crippen LogP contribution < -0.4 is 21.3 Å². The summed E-state index contributed by atoms with van der Waals surface area (Å²) < 4.78 is 13.4. The first-order chi connectivity index (χ1) is 18.7. The second kappa shape index (κ2) is 11.2. The maximum Gasteiger partial charge on any atom is 0.252 e. The molecular formula is C30H32ClN3O5. The van der Waals surface area contributed by atoms with Gasteiger partial charge in [-0.1, -0.05) is 24.6 Å². The normalized spacial score (nSPS) is 18.0. The van der Waals surface area contributed by atoms with Crippen LogP contribution in [0.1, 0.15) is 48.1 Å². The van der Waals surface area contributed by atoms with E-state index in [1.54, 1.807) is 37.6 Å². The number of halogens is 1. The van der Waals surface area contributed by atoms with Crippen LogP contribution in [0.5, 0.6) is 5.75 Å². The van der Waals surface area contributed by atoms with E-state index < -0.39 is 11.9 Å². The molecule has 5 rings (SSSR count). The zero-order valence-corrected chi connectivity index (χ0v) is 22.7. The topological polar surface area (TPSA) is 113 Å². The van der Waals surface area contributed by atoms with E-state index in [1.807, 2.05) is 18.2 Å². The number of fused-ring (bicyclic) bond motifs is 3. The molecule has 1 aliphatic heterocycles. The average molecular weight is 550 g/mol. The van der Waals surface area contributed by atoms with Gasteiger partial charge < -0.3 is 20.5 Å². The van der Waals surface area contributed by atoms with E-state index in [4.69, 9.17) is 26.8 Å². The molecular weight excluding hydrogens is 518 g/mol. The molecule has 1 aromatic heterocycles. The summed E-state index contributed by atoms with van der Waals surface area (Å²) in [6, 6.07) is 12.7. The molecule has 0 saturated heterocycles. The van der Waals surface area contributed by atoms with Crippen LogP contribution in [-0.4, -0.2) is 36.2 Å². The molecule has 3 N–H and O–H groups in total. The van der Waals surface area contributed by atoms with Crippen LogP contribution in [0.4, 0.5) is 5.69 Å². The highest BCUT2D eigenvalue weighted by atomic mass is 35.5. The number of benzene rings is 2. The summed E-state index contributed by atoms with van der Waals surface area (Å²) in [6.45, 7) is 2.58. The standard InChI is InChI=1S/C30H32ClN3O5/c1-17-11-20-5-8-21(31)12-23(20)24-13-28(35)34(15-27(24)39-16-17)25(14-26(38-2)18-3-4-18)30(37)33-22-9-6-19(7-10-22)29(32)36/h5-10,12-13,15,17-18,25-26H,3-4,11,14,16H2,1-2H3,(H2,32,36)(H,33,37)/t17-,25+,26-/m1/s1. The number of hydrogen-bond donors (Lipinski definition) is 2. The Morgan fingerprint density at radius 2 is 1.90 bits per heavy atom. The van der Waals surface area contributed by atoms with Crippen molar-refractivity contribution >= 4 is 29.1 Å². The number of ether oxygens (including phenoxy) is 2. The molecule has 2 aliphatic rings. The Balaban J connectivity index is 1.54. The Morgan fingerprint density at radius 3 is 2.56 bits per heavy atom. The van der Waals surface area contributed by atoms with Crippen molar-refractivity contribution in [2.75, 3.05) is 19.0 Å². The van der Waals surface area contributed by atoms with Crippen LogP contribution >= 0.6 is 11.6 Å². The lowest BCUT2D eigenvalue weighted by Crippen LogP contribution is -2.36. The first-order valence-electron chi connectivity index (χ1n) is 13.1. The number of aromatic nitrogens is 1. The maximum atomic E-state index is 13.7. The van der Waals surface area contributed by atoms with Crippen molar-refractivity contribution in [3.63, 3.8) is 0 Å². The number of carbonyl (C=O) groups is 2. The van der Waals surface area contributed by atoms with Crippen molar-refractivity contribution < 1.29 is 19.1 Å². The van der Waals surface area contributed by atoms with E-state index in [9.17, 15) is 14.4 Å². The van der Waals surface area contributed by atoms with Crippen LogP contribution in [-0.2, 0) is 16.0 Å². The quantitative estimate of drug-likeness (QED) is 0.418. The Bertz CT molecular complexity index is 1450. The van der Waals surface area contributed by atoms with Crippen molar-refractivity contribution in [1.29, 1.82) is 0 Å². The van der Waals surface area contributed by atoms with Crippen LogP contribution in [0.2, 0.25) is 5.02 Å². The zero-order valence-electron chi connectivity index (χ0n) is 22.0. The molecule has 1 fully saturated rings. The van der Waals surface area contributed by atoms with Gasteiger partial charge >= 0.3 is 0 Å². The van der Waals surface area contributed by atoms with Gasteiger partial charge in [-0.25, -0.2) is 0 Å². The van der Waals surface area contributed by atoms with Crippen molar-refractivity contribution in [3.05, 3.63) is 81.2 Å². The van der Waals surface area contributed by atoms with Crippen LogP contribution in [0, 0.1) is 11.8 Å². The molecule has 1 aliphatic carbocycles. The summed E-state index contributed by atoms with van der Waals surface area (Å²) >= 11 is 6.33. The predicted octanol–water partition coefficient (Wildman–Crippen LogP) is 4.83. The van der Waals surface area contributed by atoms with E-state index >= 15 is 0 Å². The fraction of sp³-hybridized carbons (Fsp3) is 0.367. The number of nitrogens with one attached hydrogen (secondary N) is 1. The number of carbonyl (C=O) groups excluding carboxylic acids is 2. The van der Waals surface area contributed by atoms with Crippen molar-refractivity contribution in [2.24, 2.45) is 17.6 Å². The molecule has 39 heavy (non-hydrogen) atoms. The van der Waals surface area contributed by atoms with Gasteiger partial charge in [0, 0.05) is 41.4 Å². The van der Waals surface area contributed by atoms with Gasteiger partial charge in [0.1, 0.15) is 11.8 Å². The molecule has 0 unspecified atom stereocenters. The number of hydrogen-bond acceptors (Lipinski definition) is 5. The summed E-state index contributed by atoms with van der Waals surface area (Å²) in [5, 5.41) is 3.46. The summed E-state index contributed by atoms with van der Waals surface area (Å²) in [6.07, 6.45) is 4.64. The molecule has 204 valence electrons. The molecule has 0 spiro atoms. The van der Waals surface area contributed by atoms with E-state index in [0.29, 0.717) is 46.5 Å². The van der Waals surface area contributed by atoms with E-state index in [-0.39, 0.29) is 23.5 Å². The molecule has 9 heteroatoms. The summed E-state index contributed by atoms with van der Waals surface area (Å²) in [4.78, 5) is 38.7. The predicted molar refractivity (Wildman–Crippen MR) is 150 cm³/mol. The number of anilines is 1. The lowest BCUT2D eigenvalue weighted by molar-refractivity contribution is -0.120. The number of pyridine rings is 1. The maximum absolute atomic E-state index is 13.7. The molecule has 3 atom stereocenters. The third kappa shape index (κ3) is 6.02. The Labute approximate surface area is 232 Å². The van der Waals surface area contributed by atoms with Crippen LogP contribution in [0.3, 0.4) is 0 Å². The van der Waals surface area contributed by atoms with Gasteiger partial charge in [0.25, 0.3) is 5.56 Å². The fourth-order valence-electron chi connectivity index (χ4n) is 5.20. The number of nitrogens with zero attached hydrogens (tertiary/aromatic N) is 1. The Morgan fingerprint density at radius 1 is 1.15 bits per heavy atom. The highest BCUT2D eigenvalue weighted by Gasteiger charge is 2.36. The number of primary amides is 1. The van der Waals surface area contributed by atoms with Crippen molar-refractivity contribution in [3.8, 4) is 16.9 Å². The van der Waals surface area contributed by atoms with Gasteiger partial charge in [0.05, 0.1) is 18.9 Å². The smallest absolute Gasteiger partial charge is 0.252 e. The Hall–Kier alpha value is -3.62. The lowest BCUT2D eigenvalue weighted by atomic mass is 9.92. The third-order valence-electron chi connectivity index (χ3n) is 7.48. The molecule has 8 nitrogen and oxygen atoms in total. The largest absolute Gasteiger partial charge is 0.491 e. The van der Waals surface area contributed by atoms with Gasteiger partial charge in [0.15, 0.2) is 0 Å². The Kier molecular flexibility index (Phi) is 7.77. The van der Waals surface area contributed by atoms with Gasteiger partial charge in [-0.2, -0.15) is 0 Å². The van der Waals surface area contributed by atoms with E-state index in [2.05, 4.69) is 12.2 Å². The first kappa shape index (κ1) is 27.0. The average Bonchev–Trinajstić information content (AvgIpc) is 3.75. The number of amides is 2. The highest BCUT2D eigenvalue weighted by Crippen LogP contribution is 2.39. The van der Waals surface area contributed by atoms with Gasteiger partial charge in [-0.15, -0.1) is 0 Å². The van der Waals surface area contributed by atoms with E-state index in [0.717, 1.165) is 30.4 Å². The fourth-order valence-corrected chi connectivity index (χ4v) is 5.37. The number of rotatable bonds is 8. The second-order valence-electron chi connectivity index (χ2n) is 10.5. The summed E-state index contributed by atoms with van der Waals surface area (Å²) in [5.74, 6) is 0.200. The molecule has 1 saturated carbocycles. The molecule has 2 aromatic carbocycles. The minimum absolute atomic E-state index is 0.174.